The number of nitrogens with one attached hydrogen (secondary N) is 1. The van der Waals surface area contributed by atoms with Crippen molar-refractivity contribution in [2.45, 2.75) is 19.8 Å². The first-order valence-corrected chi connectivity index (χ1v) is 6.55. The van der Waals surface area contributed by atoms with Gasteiger partial charge in [0.15, 0.2) is 0 Å². The molecule has 0 saturated heterocycles. The average molecular weight is 271 g/mol. The van der Waals surface area contributed by atoms with E-state index in [2.05, 4.69) is 22.4 Å². The smallest absolute Gasteiger partial charge is 0.287 e. The van der Waals surface area contributed by atoms with Gasteiger partial charge in [0.05, 0.1) is 4.92 Å². The molecular weight excluding hydrogens is 254 g/mol. The van der Waals surface area contributed by atoms with Gasteiger partial charge in [-0.05, 0) is 30.9 Å². The Kier molecular flexibility index (Phi) is 4.65. The number of hydrogen-bond donors (Lipinski definition) is 1. The molecule has 0 bridgehead atoms. The molecule has 1 aromatic carbocycles. The van der Waals surface area contributed by atoms with Crippen LogP contribution in [0.5, 0.6) is 0 Å². The van der Waals surface area contributed by atoms with Crippen LogP contribution in [0, 0.1) is 17.0 Å². The Balaban J connectivity index is 1.84. The van der Waals surface area contributed by atoms with Gasteiger partial charge in [-0.15, -0.1) is 0 Å². The minimum atomic E-state index is -0.431. The van der Waals surface area contributed by atoms with Crippen LogP contribution in [0.4, 0.5) is 11.5 Å². The molecule has 20 heavy (non-hydrogen) atoms. The molecule has 1 aromatic heterocycles. The van der Waals surface area contributed by atoms with Crippen LogP contribution < -0.4 is 5.32 Å². The Morgan fingerprint density at radius 2 is 2.05 bits per heavy atom. The largest absolute Gasteiger partial charge is 0.370 e. The predicted octanol–water partition coefficient (Wildman–Crippen LogP) is 3.34. The Morgan fingerprint density at radius 1 is 1.30 bits per heavy atom. The summed E-state index contributed by atoms with van der Waals surface area (Å²) in [7, 11) is 0. The number of rotatable bonds is 6. The van der Waals surface area contributed by atoms with Gasteiger partial charge in [-0.3, -0.25) is 10.1 Å². The maximum atomic E-state index is 10.6. The van der Waals surface area contributed by atoms with Gasteiger partial charge < -0.3 is 5.32 Å². The Hall–Kier alpha value is -2.43. The van der Waals surface area contributed by atoms with Crippen molar-refractivity contribution in [1.82, 2.24) is 4.98 Å². The van der Waals surface area contributed by atoms with Crippen molar-refractivity contribution in [1.29, 1.82) is 0 Å². The zero-order valence-corrected chi connectivity index (χ0v) is 11.4. The summed E-state index contributed by atoms with van der Waals surface area (Å²) in [5.74, 6) is 0.712. The number of pyridine rings is 1. The van der Waals surface area contributed by atoms with Crippen molar-refractivity contribution in [3.8, 4) is 0 Å². The molecule has 0 amide bonds. The lowest BCUT2D eigenvalue weighted by molar-refractivity contribution is -0.385. The Bertz CT molecular complexity index is 585. The van der Waals surface area contributed by atoms with Crippen molar-refractivity contribution in [3.05, 3.63) is 63.8 Å². The number of anilines is 1. The third-order valence-corrected chi connectivity index (χ3v) is 3.05. The normalized spacial score (nSPS) is 10.2. The second-order valence-electron chi connectivity index (χ2n) is 4.63. The number of nitro groups is 1. The summed E-state index contributed by atoms with van der Waals surface area (Å²) in [6.07, 6.45) is 3.27. The van der Waals surface area contributed by atoms with Gasteiger partial charge >= 0.3 is 0 Å². The van der Waals surface area contributed by atoms with Crippen molar-refractivity contribution < 1.29 is 4.92 Å². The molecule has 0 fully saturated rings. The summed E-state index contributed by atoms with van der Waals surface area (Å²) in [6, 6.07) is 11.8. The molecule has 104 valence electrons. The van der Waals surface area contributed by atoms with Crippen molar-refractivity contribution in [3.63, 3.8) is 0 Å². The van der Waals surface area contributed by atoms with Gasteiger partial charge in [0.1, 0.15) is 12.0 Å². The van der Waals surface area contributed by atoms with Crippen LogP contribution in [-0.4, -0.2) is 16.5 Å². The topological polar surface area (TPSA) is 68.1 Å². The van der Waals surface area contributed by atoms with E-state index in [9.17, 15) is 10.1 Å². The van der Waals surface area contributed by atoms with Crippen LogP contribution >= 0.6 is 0 Å². The van der Waals surface area contributed by atoms with Gasteiger partial charge in [0.25, 0.3) is 5.69 Å². The molecule has 5 heteroatoms. The summed E-state index contributed by atoms with van der Waals surface area (Å²) in [4.78, 5) is 14.3. The molecule has 1 N–H and O–H groups in total. The van der Waals surface area contributed by atoms with Crippen molar-refractivity contribution >= 4 is 11.5 Å². The van der Waals surface area contributed by atoms with Crippen molar-refractivity contribution in [2.75, 3.05) is 11.9 Å². The van der Waals surface area contributed by atoms with E-state index in [-0.39, 0.29) is 5.69 Å². The first-order valence-electron chi connectivity index (χ1n) is 6.55. The van der Waals surface area contributed by atoms with E-state index in [4.69, 9.17) is 0 Å². The maximum absolute atomic E-state index is 10.6. The van der Waals surface area contributed by atoms with Crippen LogP contribution in [0.3, 0.4) is 0 Å². The van der Waals surface area contributed by atoms with Crippen LogP contribution in [0.25, 0.3) is 0 Å². The van der Waals surface area contributed by atoms with Crippen molar-refractivity contribution in [2.24, 2.45) is 0 Å². The molecule has 0 aliphatic carbocycles. The highest BCUT2D eigenvalue weighted by atomic mass is 16.6. The third kappa shape index (κ3) is 3.78. The zero-order valence-electron chi connectivity index (χ0n) is 11.4. The molecule has 0 atom stereocenters. The van der Waals surface area contributed by atoms with Crippen LogP contribution in [0.2, 0.25) is 0 Å². The second-order valence-corrected chi connectivity index (χ2v) is 4.63. The highest BCUT2D eigenvalue weighted by Gasteiger charge is 2.08. The van der Waals surface area contributed by atoms with Gasteiger partial charge in [-0.1, -0.05) is 30.3 Å². The summed E-state index contributed by atoms with van der Waals surface area (Å²) in [6.45, 7) is 2.61. The number of hydrogen-bond acceptors (Lipinski definition) is 4. The first kappa shape index (κ1) is 14.0. The van der Waals surface area contributed by atoms with Crippen LogP contribution in [0.1, 0.15) is 17.5 Å². The number of aromatic nitrogens is 1. The predicted molar refractivity (Wildman–Crippen MR) is 78.9 cm³/mol. The summed E-state index contributed by atoms with van der Waals surface area (Å²) < 4.78 is 0. The Labute approximate surface area is 117 Å². The van der Waals surface area contributed by atoms with Crippen LogP contribution in [0.15, 0.2) is 42.6 Å². The molecule has 5 nitrogen and oxygen atoms in total. The van der Waals surface area contributed by atoms with E-state index in [1.165, 1.54) is 17.8 Å². The number of aryl methyl sites for hydroxylation is 2. The second kappa shape index (κ2) is 6.65. The maximum Gasteiger partial charge on any atom is 0.287 e. The van der Waals surface area contributed by atoms with Gasteiger partial charge in [0.2, 0.25) is 0 Å². The molecule has 0 unspecified atom stereocenters. The van der Waals surface area contributed by atoms with E-state index < -0.39 is 4.92 Å². The van der Waals surface area contributed by atoms with E-state index in [1.807, 2.05) is 25.1 Å². The van der Waals surface area contributed by atoms with Crippen LogP contribution in [-0.2, 0) is 6.42 Å². The molecule has 0 saturated carbocycles. The SMILES string of the molecule is Cc1cc([N+](=O)[O-])cnc1NCCCc1ccccc1. The molecule has 0 aliphatic rings. The lowest BCUT2D eigenvalue weighted by Crippen LogP contribution is -2.06. The van der Waals surface area contributed by atoms with Gasteiger partial charge in [-0.2, -0.15) is 0 Å². The zero-order chi connectivity index (χ0) is 14.4. The standard InChI is InChI=1S/C15H17N3O2/c1-12-10-14(18(19)20)11-17-15(12)16-9-5-8-13-6-3-2-4-7-13/h2-4,6-7,10-11H,5,8-9H2,1H3,(H,16,17). The minimum Gasteiger partial charge on any atom is -0.370 e. The van der Waals surface area contributed by atoms with Gasteiger partial charge in [0, 0.05) is 12.6 Å². The fourth-order valence-electron chi connectivity index (χ4n) is 1.99. The molecule has 0 aliphatic heterocycles. The molecule has 0 radical (unpaired) electrons. The molecule has 1 heterocycles. The summed E-state index contributed by atoms with van der Waals surface area (Å²) in [5, 5.41) is 13.8. The van der Waals surface area contributed by atoms with E-state index in [0.717, 1.165) is 24.9 Å². The summed E-state index contributed by atoms with van der Waals surface area (Å²) in [5.41, 5.74) is 2.12. The molecule has 2 rings (SSSR count). The molecule has 0 spiro atoms. The lowest BCUT2D eigenvalue weighted by atomic mass is 10.1. The quantitative estimate of drug-likeness (QED) is 0.497. The highest BCUT2D eigenvalue weighted by Crippen LogP contribution is 2.17. The van der Waals surface area contributed by atoms with E-state index in [1.54, 1.807) is 0 Å². The molecular formula is C15H17N3O2. The monoisotopic (exact) mass is 271 g/mol. The highest BCUT2D eigenvalue weighted by molar-refractivity contribution is 5.48. The fraction of sp³-hybridized carbons (Fsp3) is 0.267. The summed E-state index contributed by atoms with van der Waals surface area (Å²) >= 11 is 0. The van der Waals surface area contributed by atoms with Gasteiger partial charge in [-0.25, -0.2) is 4.98 Å². The minimum absolute atomic E-state index is 0.0253. The lowest BCUT2D eigenvalue weighted by Gasteiger charge is -2.08. The number of benzene rings is 1. The average Bonchev–Trinajstić information content (AvgIpc) is 2.46. The Morgan fingerprint density at radius 3 is 2.70 bits per heavy atom. The van der Waals surface area contributed by atoms with E-state index >= 15 is 0 Å². The number of nitrogens with zero attached hydrogens (tertiary/aromatic N) is 2. The fourth-order valence-corrected chi connectivity index (χ4v) is 1.99. The first-order chi connectivity index (χ1) is 9.66. The third-order valence-electron chi connectivity index (χ3n) is 3.05. The molecule has 2 aromatic rings. The van der Waals surface area contributed by atoms with E-state index in [0.29, 0.717) is 5.82 Å².